The first kappa shape index (κ1) is 12.1. The SMILES string of the molecule is Nc1ccccc1CCOc1ncc(I)cn1. The van der Waals surface area contributed by atoms with Crippen LogP contribution in [0.2, 0.25) is 0 Å². The minimum absolute atomic E-state index is 0.403. The molecule has 0 radical (unpaired) electrons. The third-order valence-electron chi connectivity index (χ3n) is 2.25. The average molecular weight is 341 g/mol. The molecule has 2 rings (SSSR count). The summed E-state index contributed by atoms with van der Waals surface area (Å²) in [7, 11) is 0. The summed E-state index contributed by atoms with van der Waals surface area (Å²) < 4.78 is 6.43. The van der Waals surface area contributed by atoms with Gasteiger partial charge >= 0.3 is 6.01 Å². The first-order valence-corrected chi connectivity index (χ1v) is 6.27. The summed E-state index contributed by atoms with van der Waals surface area (Å²) in [4.78, 5) is 8.12. The van der Waals surface area contributed by atoms with Crippen molar-refractivity contribution >= 4 is 28.3 Å². The molecule has 0 aliphatic rings. The number of nitrogens with zero attached hydrogens (tertiary/aromatic N) is 2. The standard InChI is InChI=1S/C12H12IN3O/c13-10-7-15-12(16-8-10)17-6-5-9-3-1-2-4-11(9)14/h1-4,7-8H,5-6,14H2. The fourth-order valence-corrected chi connectivity index (χ4v) is 1.67. The lowest BCUT2D eigenvalue weighted by atomic mass is 10.1. The second-order valence-corrected chi connectivity index (χ2v) is 4.73. The van der Waals surface area contributed by atoms with Crippen LogP contribution in [0.15, 0.2) is 36.7 Å². The van der Waals surface area contributed by atoms with Crippen LogP contribution in [0.5, 0.6) is 6.01 Å². The number of hydrogen-bond acceptors (Lipinski definition) is 4. The second kappa shape index (κ2) is 5.81. The van der Waals surface area contributed by atoms with Crippen molar-refractivity contribution in [2.45, 2.75) is 6.42 Å². The molecule has 0 bridgehead atoms. The van der Waals surface area contributed by atoms with Gasteiger partial charge in [0.25, 0.3) is 0 Å². The van der Waals surface area contributed by atoms with Gasteiger partial charge in [0, 0.05) is 28.1 Å². The van der Waals surface area contributed by atoms with Crippen LogP contribution in [0, 0.1) is 3.57 Å². The Morgan fingerprint density at radius 1 is 1.18 bits per heavy atom. The minimum Gasteiger partial charge on any atom is -0.463 e. The highest BCUT2D eigenvalue weighted by atomic mass is 127. The number of para-hydroxylation sites is 1. The number of benzene rings is 1. The lowest BCUT2D eigenvalue weighted by Crippen LogP contribution is -2.05. The van der Waals surface area contributed by atoms with Crippen LogP contribution in [-0.4, -0.2) is 16.6 Å². The Balaban J connectivity index is 1.88. The van der Waals surface area contributed by atoms with Gasteiger partial charge in [-0.1, -0.05) is 18.2 Å². The third-order valence-corrected chi connectivity index (χ3v) is 2.81. The molecular weight excluding hydrogens is 329 g/mol. The normalized spacial score (nSPS) is 10.2. The molecule has 4 nitrogen and oxygen atoms in total. The van der Waals surface area contributed by atoms with Crippen molar-refractivity contribution in [3.05, 3.63) is 45.8 Å². The molecule has 2 N–H and O–H groups in total. The number of ether oxygens (including phenoxy) is 1. The van der Waals surface area contributed by atoms with Gasteiger partial charge in [-0.15, -0.1) is 0 Å². The van der Waals surface area contributed by atoms with Crippen molar-refractivity contribution in [2.24, 2.45) is 0 Å². The first-order valence-electron chi connectivity index (χ1n) is 5.19. The molecule has 0 amide bonds. The fourth-order valence-electron chi connectivity index (χ4n) is 1.39. The van der Waals surface area contributed by atoms with Gasteiger partial charge in [0.15, 0.2) is 0 Å². The van der Waals surface area contributed by atoms with Crippen molar-refractivity contribution in [2.75, 3.05) is 12.3 Å². The molecule has 2 aromatic rings. The van der Waals surface area contributed by atoms with Crippen LogP contribution < -0.4 is 10.5 Å². The summed E-state index contributed by atoms with van der Waals surface area (Å²) in [5.41, 5.74) is 7.70. The van der Waals surface area contributed by atoms with E-state index < -0.39 is 0 Å². The molecule has 5 heteroatoms. The predicted molar refractivity (Wildman–Crippen MR) is 74.8 cm³/mol. The van der Waals surface area contributed by atoms with Gasteiger partial charge in [0.1, 0.15) is 0 Å². The molecular formula is C12H12IN3O. The number of nitrogens with two attached hydrogens (primary N) is 1. The van der Waals surface area contributed by atoms with Crippen molar-refractivity contribution in [3.63, 3.8) is 0 Å². The zero-order chi connectivity index (χ0) is 12.1. The molecule has 0 unspecified atom stereocenters. The van der Waals surface area contributed by atoms with E-state index in [4.69, 9.17) is 10.5 Å². The maximum absolute atomic E-state index is 5.83. The second-order valence-electron chi connectivity index (χ2n) is 3.48. The minimum atomic E-state index is 0.403. The maximum Gasteiger partial charge on any atom is 0.316 e. The Bertz CT molecular complexity index is 487. The summed E-state index contributed by atoms with van der Waals surface area (Å²) in [6.07, 6.45) is 4.20. The Kier molecular flexibility index (Phi) is 4.13. The van der Waals surface area contributed by atoms with E-state index in [0.717, 1.165) is 21.2 Å². The molecule has 0 saturated heterocycles. The maximum atomic E-state index is 5.83. The summed E-state index contributed by atoms with van der Waals surface area (Å²) in [5, 5.41) is 0. The van der Waals surface area contributed by atoms with Crippen LogP contribution in [0.1, 0.15) is 5.56 Å². The molecule has 0 aliphatic heterocycles. The van der Waals surface area contributed by atoms with Gasteiger partial charge in [-0.3, -0.25) is 0 Å². The summed E-state index contributed by atoms with van der Waals surface area (Å²) >= 11 is 2.15. The summed E-state index contributed by atoms with van der Waals surface area (Å²) in [6, 6.07) is 8.17. The molecule has 0 spiro atoms. The van der Waals surface area contributed by atoms with E-state index in [9.17, 15) is 0 Å². The van der Waals surface area contributed by atoms with Crippen LogP contribution in [-0.2, 0) is 6.42 Å². The Morgan fingerprint density at radius 3 is 2.59 bits per heavy atom. The van der Waals surface area contributed by atoms with E-state index in [0.29, 0.717) is 12.6 Å². The zero-order valence-corrected chi connectivity index (χ0v) is 11.3. The van der Waals surface area contributed by atoms with Crippen molar-refractivity contribution in [3.8, 4) is 6.01 Å². The molecule has 88 valence electrons. The highest BCUT2D eigenvalue weighted by Crippen LogP contribution is 2.11. The van der Waals surface area contributed by atoms with Crippen molar-refractivity contribution < 1.29 is 4.74 Å². The number of hydrogen-bond donors (Lipinski definition) is 1. The molecule has 0 aliphatic carbocycles. The van der Waals surface area contributed by atoms with Gasteiger partial charge < -0.3 is 10.5 Å². The Hall–Kier alpha value is -1.37. The van der Waals surface area contributed by atoms with Crippen molar-refractivity contribution in [1.82, 2.24) is 9.97 Å². The highest BCUT2D eigenvalue weighted by molar-refractivity contribution is 14.1. The van der Waals surface area contributed by atoms with E-state index in [1.54, 1.807) is 12.4 Å². The van der Waals surface area contributed by atoms with Crippen LogP contribution >= 0.6 is 22.6 Å². The quantitative estimate of drug-likeness (QED) is 0.685. The van der Waals surface area contributed by atoms with Gasteiger partial charge in [0.05, 0.1) is 6.61 Å². The van der Waals surface area contributed by atoms with E-state index in [1.807, 2.05) is 24.3 Å². The molecule has 0 fully saturated rings. The summed E-state index contributed by atoms with van der Waals surface area (Å²) in [5.74, 6) is 0. The van der Waals surface area contributed by atoms with Gasteiger partial charge in [-0.05, 0) is 34.2 Å². The smallest absolute Gasteiger partial charge is 0.316 e. The average Bonchev–Trinajstić information content (AvgIpc) is 2.34. The van der Waals surface area contributed by atoms with Crippen LogP contribution in [0.3, 0.4) is 0 Å². The third kappa shape index (κ3) is 3.55. The van der Waals surface area contributed by atoms with E-state index in [1.165, 1.54) is 0 Å². The van der Waals surface area contributed by atoms with E-state index in [2.05, 4.69) is 32.6 Å². The fraction of sp³-hybridized carbons (Fsp3) is 0.167. The lowest BCUT2D eigenvalue weighted by Gasteiger charge is -2.06. The molecule has 1 aromatic carbocycles. The number of rotatable bonds is 4. The van der Waals surface area contributed by atoms with Gasteiger partial charge in [-0.25, -0.2) is 9.97 Å². The Labute approximate surface area is 113 Å². The topological polar surface area (TPSA) is 61.0 Å². The van der Waals surface area contributed by atoms with E-state index in [-0.39, 0.29) is 0 Å². The number of anilines is 1. The number of aromatic nitrogens is 2. The Morgan fingerprint density at radius 2 is 1.88 bits per heavy atom. The van der Waals surface area contributed by atoms with Gasteiger partial charge in [-0.2, -0.15) is 0 Å². The lowest BCUT2D eigenvalue weighted by molar-refractivity contribution is 0.296. The molecule has 17 heavy (non-hydrogen) atoms. The monoisotopic (exact) mass is 341 g/mol. The highest BCUT2D eigenvalue weighted by Gasteiger charge is 2.00. The molecule has 1 aromatic heterocycles. The molecule has 0 saturated carbocycles. The zero-order valence-electron chi connectivity index (χ0n) is 9.14. The van der Waals surface area contributed by atoms with Crippen LogP contribution in [0.25, 0.3) is 0 Å². The predicted octanol–water partition coefficient (Wildman–Crippen LogP) is 2.28. The number of halogens is 1. The van der Waals surface area contributed by atoms with Crippen LogP contribution in [0.4, 0.5) is 5.69 Å². The summed E-state index contributed by atoms with van der Waals surface area (Å²) in [6.45, 7) is 0.523. The van der Waals surface area contributed by atoms with E-state index >= 15 is 0 Å². The number of nitrogen functional groups attached to an aromatic ring is 1. The molecule has 1 heterocycles. The van der Waals surface area contributed by atoms with Gasteiger partial charge in [0.2, 0.25) is 0 Å². The molecule has 0 atom stereocenters. The first-order chi connectivity index (χ1) is 8.25. The van der Waals surface area contributed by atoms with Crippen molar-refractivity contribution in [1.29, 1.82) is 0 Å². The largest absolute Gasteiger partial charge is 0.463 e.